The third-order valence-electron chi connectivity index (χ3n) is 4.23. The summed E-state index contributed by atoms with van der Waals surface area (Å²) in [5.41, 5.74) is 1.71. The quantitative estimate of drug-likeness (QED) is 0.349. The number of fused-ring (bicyclic) bond motifs is 1. The average molecular weight is 432 g/mol. The minimum atomic E-state index is -0.244. The zero-order valence-corrected chi connectivity index (χ0v) is 16.7. The summed E-state index contributed by atoms with van der Waals surface area (Å²) in [6.45, 7) is 0.139. The third-order valence-corrected chi connectivity index (χ3v) is 5.22. The van der Waals surface area contributed by atoms with E-state index in [1.165, 1.54) is 0 Å². The summed E-state index contributed by atoms with van der Waals surface area (Å²) in [5, 5.41) is 1.92. The number of para-hydroxylation sites is 1. The molecule has 0 atom stereocenters. The van der Waals surface area contributed by atoms with Gasteiger partial charge in [-0.1, -0.05) is 53.0 Å². The molecule has 6 heteroatoms. The van der Waals surface area contributed by atoms with Crippen LogP contribution in [0.15, 0.2) is 75.9 Å². The van der Waals surface area contributed by atoms with Gasteiger partial charge < -0.3 is 9.15 Å². The van der Waals surface area contributed by atoms with Crippen molar-refractivity contribution in [3.63, 3.8) is 0 Å². The van der Waals surface area contributed by atoms with Crippen molar-refractivity contribution in [3.8, 4) is 17.1 Å². The maximum absolute atomic E-state index is 13.1. The predicted octanol–water partition coefficient (Wildman–Crippen LogP) is 7.00. The fraction of sp³-hybridized carbons (Fsp3) is 0.0455. The van der Waals surface area contributed by atoms with E-state index in [0.717, 1.165) is 5.56 Å². The molecule has 0 saturated heterocycles. The summed E-state index contributed by atoms with van der Waals surface area (Å²) in [6, 6.07) is 19.3. The molecule has 0 aliphatic heterocycles. The van der Waals surface area contributed by atoms with Gasteiger partial charge in [-0.25, -0.2) is 0 Å². The van der Waals surface area contributed by atoms with Gasteiger partial charge in [0.15, 0.2) is 5.76 Å². The zero-order chi connectivity index (χ0) is 19.7. The molecule has 0 amide bonds. The minimum absolute atomic E-state index is 0.132. The van der Waals surface area contributed by atoms with Crippen LogP contribution in [0.1, 0.15) is 5.56 Å². The van der Waals surface area contributed by atoms with E-state index >= 15 is 0 Å². The Balaban J connectivity index is 1.81. The molecule has 0 aliphatic rings. The highest BCUT2D eigenvalue weighted by molar-refractivity contribution is 6.42. The molecule has 3 aromatic carbocycles. The molecule has 0 N–H and O–H groups in total. The van der Waals surface area contributed by atoms with Crippen molar-refractivity contribution < 1.29 is 9.15 Å². The van der Waals surface area contributed by atoms with E-state index in [2.05, 4.69) is 0 Å². The molecule has 140 valence electrons. The molecule has 28 heavy (non-hydrogen) atoms. The lowest BCUT2D eigenvalue weighted by atomic mass is 10.1. The minimum Gasteiger partial charge on any atom is -0.481 e. The number of halogens is 3. The first-order chi connectivity index (χ1) is 13.5. The molecule has 1 aromatic heterocycles. The van der Waals surface area contributed by atoms with E-state index < -0.39 is 0 Å². The van der Waals surface area contributed by atoms with E-state index in [9.17, 15) is 4.79 Å². The first-order valence-electron chi connectivity index (χ1n) is 8.41. The molecule has 1 heterocycles. The molecule has 0 fully saturated rings. The molecule has 0 radical (unpaired) electrons. The summed E-state index contributed by atoms with van der Waals surface area (Å²) in [7, 11) is 0. The van der Waals surface area contributed by atoms with Crippen LogP contribution in [0.5, 0.6) is 5.75 Å². The van der Waals surface area contributed by atoms with Gasteiger partial charge in [-0.3, -0.25) is 4.79 Å². The van der Waals surface area contributed by atoms with Crippen LogP contribution in [0.2, 0.25) is 15.1 Å². The second-order valence-corrected chi connectivity index (χ2v) is 7.38. The molecule has 3 nitrogen and oxygen atoms in total. The molecule has 0 aliphatic carbocycles. The van der Waals surface area contributed by atoms with Crippen LogP contribution in [-0.2, 0) is 6.61 Å². The lowest BCUT2D eigenvalue weighted by molar-refractivity contribution is 0.298. The van der Waals surface area contributed by atoms with E-state index in [4.69, 9.17) is 44.0 Å². The SMILES string of the molecule is O=c1c(OCc2ccc(Cl)c(Cl)c2)c(-c2ccc(Cl)cc2)oc2ccccc12. The predicted molar refractivity (Wildman–Crippen MR) is 114 cm³/mol. The van der Waals surface area contributed by atoms with Crippen molar-refractivity contribution in [2.45, 2.75) is 6.61 Å². The fourth-order valence-corrected chi connectivity index (χ4v) is 3.28. The van der Waals surface area contributed by atoms with Gasteiger partial charge >= 0.3 is 0 Å². The van der Waals surface area contributed by atoms with Gasteiger partial charge in [-0.05, 0) is 54.1 Å². The van der Waals surface area contributed by atoms with Crippen molar-refractivity contribution in [3.05, 3.63) is 97.6 Å². The lowest BCUT2D eigenvalue weighted by Crippen LogP contribution is -2.10. The normalized spacial score (nSPS) is 11.0. The second kappa shape index (κ2) is 7.88. The Morgan fingerprint density at radius 2 is 1.61 bits per heavy atom. The lowest BCUT2D eigenvalue weighted by Gasteiger charge is -2.12. The maximum Gasteiger partial charge on any atom is 0.235 e. The fourth-order valence-electron chi connectivity index (χ4n) is 2.83. The van der Waals surface area contributed by atoms with Crippen LogP contribution >= 0.6 is 34.8 Å². The van der Waals surface area contributed by atoms with Crippen molar-refractivity contribution in [1.29, 1.82) is 0 Å². The van der Waals surface area contributed by atoms with Crippen molar-refractivity contribution in [2.75, 3.05) is 0 Å². The molecule has 4 aromatic rings. The Bertz CT molecular complexity index is 1210. The highest BCUT2D eigenvalue weighted by atomic mass is 35.5. The Morgan fingerprint density at radius 1 is 0.857 bits per heavy atom. The number of hydrogen-bond donors (Lipinski definition) is 0. The highest BCUT2D eigenvalue weighted by Crippen LogP contribution is 2.32. The van der Waals surface area contributed by atoms with Gasteiger partial charge in [-0.15, -0.1) is 0 Å². The summed E-state index contributed by atoms with van der Waals surface area (Å²) >= 11 is 18.0. The second-order valence-electron chi connectivity index (χ2n) is 6.13. The highest BCUT2D eigenvalue weighted by Gasteiger charge is 2.18. The van der Waals surface area contributed by atoms with Gasteiger partial charge in [0.2, 0.25) is 11.2 Å². The number of ether oxygens (including phenoxy) is 1. The first-order valence-corrected chi connectivity index (χ1v) is 9.55. The summed E-state index contributed by atoms with van der Waals surface area (Å²) in [5.74, 6) is 0.479. The standard InChI is InChI=1S/C22H13Cl3O3/c23-15-8-6-14(7-9-15)21-22(20(26)16-3-1-2-4-19(16)28-21)27-12-13-5-10-17(24)18(25)11-13/h1-11H,12H2. The summed E-state index contributed by atoms with van der Waals surface area (Å²) in [6.07, 6.45) is 0. The smallest absolute Gasteiger partial charge is 0.235 e. The first kappa shape index (κ1) is 18.9. The van der Waals surface area contributed by atoms with E-state index in [0.29, 0.717) is 37.4 Å². The monoisotopic (exact) mass is 430 g/mol. The zero-order valence-electron chi connectivity index (χ0n) is 14.4. The van der Waals surface area contributed by atoms with Gasteiger partial charge in [-0.2, -0.15) is 0 Å². The van der Waals surface area contributed by atoms with Crippen LogP contribution in [0.4, 0.5) is 0 Å². The Labute approximate surface area is 176 Å². The van der Waals surface area contributed by atoms with Crippen LogP contribution in [-0.4, -0.2) is 0 Å². The Morgan fingerprint density at radius 3 is 2.36 bits per heavy atom. The van der Waals surface area contributed by atoms with E-state index in [1.54, 1.807) is 60.7 Å². The van der Waals surface area contributed by atoms with Crippen molar-refractivity contribution in [1.82, 2.24) is 0 Å². The Hall–Kier alpha value is -2.46. The summed E-state index contributed by atoms with van der Waals surface area (Å²) in [4.78, 5) is 13.1. The average Bonchev–Trinajstić information content (AvgIpc) is 2.70. The molecule has 0 spiro atoms. The van der Waals surface area contributed by atoms with Gasteiger partial charge in [0.1, 0.15) is 12.2 Å². The van der Waals surface area contributed by atoms with Gasteiger partial charge in [0.25, 0.3) is 0 Å². The van der Waals surface area contributed by atoms with Crippen LogP contribution < -0.4 is 10.2 Å². The van der Waals surface area contributed by atoms with Crippen LogP contribution in [0.3, 0.4) is 0 Å². The largest absolute Gasteiger partial charge is 0.481 e. The molecule has 0 unspecified atom stereocenters. The molecule has 4 rings (SSSR count). The summed E-state index contributed by atoms with van der Waals surface area (Å²) < 4.78 is 11.9. The third kappa shape index (κ3) is 3.74. The molecular formula is C22H13Cl3O3. The number of hydrogen-bond acceptors (Lipinski definition) is 3. The Kier molecular flexibility index (Phi) is 5.31. The van der Waals surface area contributed by atoms with Crippen LogP contribution in [0, 0.1) is 0 Å². The topological polar surface area (TPSA) is 39.4 Å². The number of rotatable bonds is 4. The van der Waals surface area contributed by atoms with Gasteiger partial charge in [0.05, 0.1) is 15.4 Å². The molecule has 0 bridgehead atoms. The van der Waals surface area contributed by atoms with Crippen LogP contribution in [0.25, 0.3) is 22.3 Å². The molecular weight excluding hydrogens is 419 g/mol. The number of benzene rings is 3. The van der Waals surface area contributed by atoms with E-state index in [-0.39, 0.29) is 17.8 Å². The van der Waals surface area contributed by atoms with Gasteiger partial charge in [0, 0.05) is 10.6 Å². The van der Waals surface area contributed by atoms with Crippen molar-refractivity contribution >= 4 is 45.8 Å². The van der Waals surface area contributed by atoms with Crippen molar-refractivity contribution in [2.24, 2.45) is 0 Å². The molecule has 0 saturated carbocycles. The van der Waals surface area contributed by atoms with E-state index in [1.807, 2.05) is 6.07 Å². The maximum atomic E-state index is 13.1.